The molecule has 0 atom stereocenters. The number of aryl methyl sites for hydroxylation is 1. The van der Waals surface area contributed by atoms with Crippen LogP contribution < -0.4 is 5.32 Å². The van der Waals surface area contributed by atoms with Crippen LogP contribution in [-0.2, 0) is 20.7 Å². The van der Waals surface area contributed by atoms with E-state index >= 15 is 0 Å². The van der Waals surface area contributed by atoms with Gasteiger partial charge in [-0.1, -0.05) is 25.1 Å². The highest BCUT2D eigenvalue weighted by atomic mass is 16.5. The first-order chi connectivity index (χ1) is 9.17. The number of hydrogen-bond donors (Lipinski definition) is 1. The Morgan fingerprint density at radius 1 is 1.16 bits per heavy atom. The number of ether oxygens (including phenoxy) is 1. The SMILES string of the molecule is CCOC(=O)CCCC(=O)Nc1ccccc1CC. The van der Waals surface area contributed by atoms with Gasteiger partial charge in [-0.15, -0.1) is 0 Å². The summed E-state index contributed by atoms with van der Waals surface area (Å²) in [5.74, 6) is -0.311. The Kier molecular flexibility index (Phi) is 6.64. The molecule has 1 amide bonds. The monoisotopic (exact) mass is 263 g/mol. The molecule has 0 heterocycles. The molecule has 0 fully saturated rings. The molecule has 0 saturated heterocycles. The summed E-state index contributed by atoms with van der Waals surface area (Å²) in [7, 11) is 0. The Morgan fingerprint density at radius 3 is 2.58 bits per heavy atom. The lowest BCUT2D eigenvalue weighted by Crippen LogP contribution is -2.13. The second-order valence-electron chi connectivity index (χ2n) is 4.22. The Morgan fingerprint density at radius 2 is 1.89 bits per heavy atom. The van der Waals surface area contributed by atoms with E-state index in [9.17, 15) is 9.59 Å². The number of esters is 1. The minimum Gasteiger partial charge on any atom is -0.466 e. The zero-order valence-corrected chi connectivity index (χ0v) is 11.6. The summed E-state index contributed by atoms with van der Waals surface area (Å²) in [4.78, 5) is 22.9. The second-order valence-corrected chi connectivity index (χ2v) is 4.22. The average Bonchev–Trinajstić information content (AvgIpc) is 2.39. The van der Waals surface area contributed by atoms with E-state index in [1.54, 1.807) is 6.92 Å². The van der Waals surface area contributed by atoms with Gasteiger partial charge in [-0.25, -0.2) is 0 Å². The fraction of sp³-hybridized carbons (Fsp3) is 0.467. The fourth-order valence-corrected chi connectivity index (χ4v) is 1.79. The molecule has 1 rings (SSSR count). The summed E-state index contributed by atoms with van der Waals surface area (Å²) < 4.78 is 4.81. The van der Waals surface area contributed by atoms with Crippen molar-refractivity contribution in [3.8, 4) is 0 Å². The maximum absolute atomic E-state index is 11.8. The van der Waals surface area contributed by atoms with Crippen LogP contribution in [0.2, 0.25) is 0 Å². The van der Waals surface area contributed by atoms with Crippen molar-refractivity contribution < 1.29 is 14.3 Å². The molecule has 0 saturated carbocycles. The van der Waals surface area contributed by atoms with Gasteiger partial charge in [-0.3, -0.25) is 9.59 Å². The molecule has 1 aromatic rings. The standard InChI is InChI=1S/C15H21NO3/c1-3-12-8-5-6-9-13(12)16-14(17)10-7-11-15(18)19-4-2/h5-6,8-9H,3-4,7,10-11H2,1-2H3,(H,16,17). The molecule has 0 radical (unpaired) electrons. The number of rotatable bonds is 7. The minimum atomic E-state index is -0.246. The van der Waals surface area contributed by atoms with Gasteiger partial charge in [0.2, 0.25) is 5.91 Å². The number of nitrogens with one attached hydrogen (secondary N) is 1. The van der Waals surface area contributed by atoms with Crippen LogP contribution in [-0.4, -0.2) is 18.5 Å². The van der Waals surface area contributed by atoms with Crippen LogP contribution in [0.1, 0.15) is 38.7 Å². The molecule has 1 N–H and O–H groups in total. The Labute approximate surface area is 114 Å². The molecule has 0 bridgehead atoms. The van der Waals surface area contributed by atoms with Gasteiger partial charge < -0.3 is 10.1 Å². The van der Waals surface area contributed by atoms with Crippen LogP contribution in [0.4, 0.5) is 5.69 Å². The molecule has 4 heteroatoms. The van der Waals surface area contributed by atoms with E-state index in [0.29, 0.717) is 19.4 Å². The van der Waals surface area contributed by atoms with Gasteiger partial charge in [0, 0.05) is 18.5 Å². The summed E-state index contributed by atoms with van der Waals surface area (Å²) in [6.45, 7) is 4.20. The van der Waals surface area contributed by atoms with Crippen molar-refractivity contribution in [1.29, 1.82) is 0 Å². The zero-order valence-electron chi connectivity index (χ0n) is 11.6. The highest BCUT2D eigenvalue weighted by molar-refractivity contribution is 5.91. The number of carbonyl (C=O) groups excluding carboxylic acids is 2. The van der Waals surface area contributed by atoms with Crippen molar-refractivity contribution in [2.75, 3.05) is 11.9 Å². The Hall–Kier alpha value is -1.84. The number of para-hydroxylation sites is 1. The lowest BCUT2D eigenvalue weighted by molar-refractivity contribution is -0.143. The first kappa shape index (κ1) is 15.2. The molecule has 0 aliphatic rings. The van der Waals surface area contributed by atoms with E-state index < -0.39 is 0 Å². The number of hydrogen-bond acceptors (Lipinski definition) is 3. The van der Waals surface area contributed by atoms with Gasteiger partial charge in [-0.05, 0) is 31.4 Å². The summed E-state index contributed by atoms with van der Waals surface area (Å²) in [5, 5.41) is 2.88. The Balaban J connectivity index is 2.37. The highest BCUT2D eigenvalue weighted by Gasteiger charge is 2.07. The predicted octanol–water partition coefficient (Wildman–Crippen LogP) is 2.92. The van der Waals surface area contributed by atoms with Crippen LogP contribution in [0.25, 0.3) is 0 Å². The quantitative estimate of drug-likeness (QED) is 0.769. The van der Waals surface area contributed by atoms with Gasteiger partial charge in [0.15, 0.2) is 0 Å². The van der Waals surface area contributed by atoms with Gasteiger partial charge in [-0.2, -0.15) is 0 Å². The minimum absolute atomic E-state index is 0.0646. The first-order valence-electron chi connectivity index (χ1n) is 6.70. The van der Waals surface area contributed by atoms with Crippen LogP contribution in [0.5, 0.6) is 0 Å². The van der Waals surface area contributed by atoms with E-state index in [-0.39, 0.29) is 18.3 Å². The maximum atomic E-state index is 11.8. The van der Waals surface area contributed by atoms with Crippen molar-refractivity contribution in [1.82, 2.24) is 0 Å². The molecule has 0 spiro atoms. The molecular weight excluding hydrogens is 242 g/mol. The number of anilines is 1. The smallest absolute Gasteiger partial charge is 0.305 e. The van der Waals surface area contributed by atoms with Crippen molar-refractivity contribution >= 4 is 17.6 Å². The third-order valence-corrected chi connectivity index (χ3v) is 2.76. The van der Waals surface area contributed by atoms with Crippen molar-refractivity contribution in [2.24, 2.45) is 0 Å². The summed E-state index contributed by atoms with van der Waals surface area (Å²) >= 11 is 0. The largest absolute Gasteiger partial charge is 0.466 e. The predicted molar refractivity (Wildman–Crippen MR) is 74.9 cm³/mol. The van der Waals surface area contributed by atoms with Gasteiger partial charge in [0.1, 0.15) is 0 Å². The number of amides is 1. The van der Waals surface area contributed by atoms with Crippen molar-refractivity contribution in [2.45, 2.75) is 39.5 Å². The summed E-state index contributed by atoms with van der Waals surface area (Å²) in [6.07, 6.45) is 2.01. The van der Waals surface area contributed by atoms with Crippen LogP contribution in [0.15, 0.2) is 24.3 Å². The molecule has 104 valence electrons. The molecule has 19 heavy (non-hydrogen) atoms. The van der Waals surface area contributed by atoms with E-state index in [1.165, 1.54) is 0 Å². The van der Waals surface area contributed by atoms with Crippen molar-refractivity contribution in [3.05, 3.63) is 29.8 Å². The van der Waals surface area contributed by atoms with Crippen LogP contribution in [0, 0.1) is 0 Å². The van der Waals surface area contributed by atoms with E-state index in [1.807, 2.05) is 31.2 Å². The third-order valence-electron chi connectivity index (χ3n) is 2.76. The highest BCUT2D eigenvalue weighted by Crippen LogP contribution is 2.15. The lowest BCUT2D eigenvalue weighted by Gasteiger charge is -2.09. The van der Waals surface area contributed by atoms with E-state index in [2.05, 4.69) is 5.32 Å². The molecule has 1 aromatic carbocycles. The van der Waals surface area contributed by atoms with E-state index in [4.69, 9.17) is 4.74 Å². The average molecular weight is 263 g/mol. The Bertz CT molecular complexity index is 429. The maximum Gasteiger partial charge on any atom is 0.305 e. The van der Waals surface area contributed by atoms with Gasteiger partial charge in [0.05, 0.1) is 6.61 Å². The lowest BCUT2D eigenvalue weighted by atomic mass is 10.1. The van der Waals surface area contributed by atoms with Gasteiger partial charge >= 0.3 is 5.97 Å². The molecule has 0 aromatic heterocycles. The molecule has 0 aliphatic heterocycles. The number of carbonyl (C=O) groups is 2. The molecule has 0 unspecified atom stereocenters. The van der Waals surface area contributed by atoms with Crippen LogP contribution >= 0.6 is 0 Å². The topological polar surface area (TPSA) is 55.4 Å². The zero-order chi connectivity index (χ0) is 14.1. The summed E-state index contributed by atoms with van der Waals surface area (Å²) in [5.41, 5.74) is 1.97. The molecular formula is C15H21NO3. The van der Waals surface area contributed by atoms with Crippen molar-refractivity contribution in [3.63, 3.8) is 0 Å². The van der Waals surface area contributed by atoms with E-state index in [0.717, 1.165) is 17.7 Å². The first-order valence-corrected chi connectivity index (χ1v) is 6.70. The van der Waals surface area contributed by atoms with Crippen LogP contribution in [0.3, 0.4) is 0 Å². The number of benzene rings is 1. The summed E-state index contributed by atoms with van der Waals surface area (Å²) in [6, 6.07) is 7.74. The second kappa shape index (κ2) is 8.29. The third kappa shape index (κ3) is 5.55. The van der Waals surface area contributed by atoms with Gasteiger partial charge in [0.25, 0.3) is 0 Å². The molecule has 4 nitrogen and oxygen atoms in total. The normalized spacial score (nSPS) is 10.0. The molecule has 0 aliphatic carbocycles. The fourth-order valence-electron chi connectivity index (χ4n) is 1.79.